The van der Waals surface area contributed by atoms with Crippen molar-refractivity contribution in [1.82, 2.24) is 4.72 Å². The molecule has 0 radical (unpaired) electrons. The van der Waals surface area contributed by atoms with Crippen LogP contribution in [0.3, 0.4) is 0 Å². The molecule has 5 nitrogen and oxygen atoms in total. The highest BCUT2D eigenvalue weighted by atomic mass is 32.2. The van der Waals surface area contributed by atoms with Crippen LogP contribution in [0.5, 0.6) is 0 Å². The molecule has 1 saturated carbocycles. The van der Waals surface area contributed by atoms with Gasteiger partial charge in [-0.1, -0.05) is 19.1 Å². The Balaban J connectivity index is 2.25. The van der Waals surface area contributed by atoms with Gasteiger partial charge in [0.1, 0.15) is 4.90 Å². The monoisotopic (exact) mass is 298 g/mol. The van der Waals surface area contributed by atoms with Crippen molar-refractivity contribution in [3.63, 3.8) is 0 Å². The minimum absolute atomic E-state index is 0.0754. The smallest absolute Gasteiger partial charge is 0.243 e. The van der Waals surface area contributed by atoms with Crippen LogP contribution in [0.1, 0.15) is 32.6 Å². The van der Waals surface area contributed by atoms with E-state index in [4.69, 9.17) is 5.73 Å². The summed E-state index contributed by atoms with van der Waals surface area (Å²) in [7, 11) is -3.71. The van der Waals surface area contributed by atoms with E-state index < -0.39 is 15.6 Å². The van der Waals surface area contributed by atoms with E-state index in [9.17, 15) is 13.5 Å². The molecular formula is C14H22N2O3S. The number of nitrogens with one attached hydrogen (secondary N) is 1. The van der Waals surface area contributed by atoms with Gasteiger partial charge in [0.05, 0.1) is 17.8 Å². The molecular weight excluding hydrogens is 276 g/mol. The standard InChI is InChI=1S/C14H22N2O3S/c1-11-6-8-14(10-17,9-7-11)16-20(18,19)13-5-3-2-4-12(13)15/h2-5,11,16-17H,6-10,15H2,1H3. The number of sulfonamides is 1. The van der Waals surface area contributed by atoms with Crippen molar-refractivity contribution >= 4 is 15.7 Å². The molecule has 1 aliphatic rings. The Labute approximate surface area is 120 Å². The van der Waals surface area contributed by atoms with Crippen molar-refractivity contribution in [2.24, 2.45) is 5.92 Å². The van der Waals surface area contributed by atoms with Gasteiger partial charge in [0.25, 0.3) is 0 Å². The third kappa shape index (κ3) is 3.13. The molecule has 0 unspecified atom stereocenters. The van der Waals surface area contributed by atoms with E-state index in [2.05, 4.69) is 11.6 Å². The molecule has 1 aromatic rings. The van der Waals surface area contributed by atoms with Crippen LogP contribution >= 0.6 is 0 Å². The van der Waals surface area contributed by atoms with Crippen molar-refractivity contribution < 1.29 is 13.5 Å². The molecule has 4 N–H and O–H groups in total. The zero-order chi connectivity index (χ0) is 14.8. The van der Waals surface area contributed by atoms with Gasteiger partial charge in [-0.05, 0) is 43.7 Å². The van der Waals surface area contributed by atoms with Crippen LogP contribution in [0.25, 0.3) is 0 Å². The average molecular weight is 298 g/mol. The van der Waals surface area contributed by atoms with E-state index in [0.29, 0.717) is 18.8 Å². The molecule has 0 saturated heterocycles. The predicted molar refractivity (Wildman–Crippen MR) is 78.6 cm³/mol. The Morgan fingerprint density at radius 2 is 1.95 bits per heavy atom. The molecule has 2 rings (SSSR count). The van der Waals surface area contributed by atoms with E-state index in [1.165, 1.54) is 6.07 Å². The Morgan fingerprint density at radius 3 is 2.50 bits per heavy atom. The Morgan fingerprint density at radius 1 is 1.35 bits per heavy atom. The highest BCUT2D eigenvalue weighted by Crippen LogP contribution is 2.33. The van der Waals surface area contributed by atoms with Crippen LogP contribution in [0.15, 0.2) is 29.2 Å². The van der Waals surface area contributed by atoms with Gasteiger partial charge in [-0.25, -0.2) is 13.1 Å². The molecule has 20 heavy (non-hydrogen) atoms. The molecule has 0 heterocycles. The van der Waals surface area contributed by atoms with Gasteiger partial charge in [0.2, 0.25) is 10.0 Å². The third-order valence-electron chi connectivity index (χ3n) is 4.09. The molecule has 1 aromatic carbocycles. The number of hydrogen-bond donors (Lipinski definition) is 3. The first-order valence-corrected chi connectivity index (χ1v) is 8.36. The molecule has 1 aliphatic carbocycles. The molecule has 0 spiro atoms. The lowest BCUT2D eigenvalue weighted by atomic mass is 9.78. The van der Waals surface area contributed by atoms with Gasteiger partial charge >= 0.3 is 0 Å². The molecule has 0 aliphatic heterocycles. The van der Waals surface area contributed by atoms with E-state index in [1.54, 1.807) is 18.2 Å². The second kappa shape index (κ2) is 5.71. The summed E-state index contributed by atoms with van der Waals surface area (Å²) in [6.07, 6.45) is 3.12. The number of nitrogen functional groups attached to an aromatic ring is 1. The summed E-state index contributed by atoms with van der Waals surface area (Å²) in [5.41, 5.74) is 5.20. The molecule has 6 heteroatoms. The first-order chi connectivity index (χ1) is 9.38. The molecule has 1 fully saturated rings. The first-order valence-electron chi connectivity index (χ1n) is 6.88. The van der Waals surface area contributed by atoms with Crippen LogP contribution in [0.4, 0.5) is 5.69 Å². The van der Waals surface area contributed by atoms with Gasteiger partial charge < -0.3 is 10.8 Å². The zero-order valence-electron chi connectivity index (χ0n) is 11.7. The number of nitrogens with two attached hydrogens (primary N) is 1. The maximum Gasteiger partial charge on any atom is 0.243 e. The molecule has 0 aromatic heterocycles. The largest absolute Gasteiger partial charge is 0.398 e. The van der Waals surface area contributed by atoms with Gasteiger partial charge in [0.15, 0.2) is 0 Å². The van der Waals surface area contributed by atoms with Crippen LogP contribution in [0, 0.1) is 5.92 Å². The van der Waals surface area contributed by atoms with Crippen LogP contribution in [-0.4, -0.2) is 25.7 Å². The van der Waals surface area contributed by atoms with E-state index in [1.807, 2.05) is 0 Å². The van der Waals surface area contributed by atoms with Gasteiger partial charge in [-0.2, -0.15) is 0 Å². The Bertz CT molecular complexity index is 564. The summed E-state index contributed by atoms with van der Waals surface area (Å²) in [6, 6.07) is 6.37. The maximum absolute atomic E-state index is 12.5. The van der Waals surface area contributed by atoms with Crippen molar-refractivity contribution in [1.29, 1.82) is 0 Å². The summed E-state index contributed by atoms with van der Waals surface area (Å²) in [6.45, 7) is 1.96. The number of para-hydroxylation sites is 1. The fraction of sp³-hybridized carbons (Fsp3) is 0.571. The fourth-order valence-corrected chi connectivity index (χ4v) is 4.26. The average Bonchev–Trinajstić information content (AvgIpc) is 2.42. The number of aliphatic hydroxyl groups is 1. The van der Waals surface area contributed by atoms with Crippen molar-refractivity contribution in [3.8, 4) is 0 Å². The third-order valence-corrected chi connectivity index (χ3v) is 5.75. The molecule has 0 amide bonds. The first kappa shape index (κ1) is 15.3. The molecule has 112 valence electrons. The quantitative estimate of drug-likeness (QED) is 0.734. The topological polar surface area (TPSA) is 92.4 Å². The second-order valence-electron chi connectivity index (χ2n) is 5.76. The summed E-state index contributed by atoms with van der Waals surface area (Å²) < 4.78 is 27.6. The summed E-state index contributed by atoms with van der Waals surface area (Å²) >= 11 is 0. The summed E-state index contributed by atoms with van der Waals surface area (Å²) in [5, 5.41) is 9.65. The number of benzene rings is 1. The van der Waals surface area contributed by atoms with Crippen LogP contribution in [0.2, 0.25) is 0 Å². The predicted octanol–water partition coefficient (Wildman–Crippen LogP) is 1.49. The number of rotatable bonds is 4. The Hall–Kier alpha value is -1.11. The minimum atomic E-state index is -3.71. The van der Waals surface area contributed by atoms with Gasteiger partial charge in [-0.15, -0.1) is 0 Å². The number of aliphatic hydroxyl groups excluding tert-OH is 1. The lowest BCUT2D eigenvalue weighted by molar-refractivity contribution is 0.125. The minimum Gasteiger partial charge on any atom is -0.398 e. The van der Waals surface area contributed by atoms with Crippen LogP contribution < -0.4 is 10.5 Å². The summed E-state index contributed by atoms with van der Waals surface area (Å²) in [5.74, 6) is 0.570. The van der Waals surface area contributed by atoms with Crippen molar-refractivity contribution in [2.45, 2.75) is 43.0 Å². The Kier molecular flexibility index (Phi) is 4.36. The highest BCUT2D eigenvalue weighted by molar-refractivity contribution is 7.89. The van der Waals surface area contributed by atoms with Gasteiger partial charge in [-0.3, -0.25) is 0 Å². The SMILES string of the molecule is CC1CCC(CO)(NS(=O)(=O)c2ccccc2N)CC1. The van der Waals surface area contributed by atoms with Crippen LogP contribution in [-0.2, 0) is 10.0 Å². The molecule has 0 bridgehead atoms. The normalized spacial score (nSPS) is 27.4. The van der Waals surface area contributed by atoms with Gasteiger partial charge in [0, 0.05) is 0 Å². The number of hydrogen-bond acceptors (Lipinski definition) is 4. The lowest BCUT2D eigenvalue weighted by Crippen LogP contribution is -2.53. The number of anilines is 1. The highest BCUT2D eigenvalue weighted by Gasteiger charge is 2.38. The van der Waals surface area contributed by atoms with Crippen molar-refractivity contribution in [2.75, 3.05) is 12.3 Å². The summed E-state index contributed by atoms with van der Waals surface area (Å²) in [4.78, 5) is 0.0754. The zero-order valence-corrected chi connectivity index (χ0v) is 12.5. The molecule has 0 atom stereocenters. The van der Waals surface area contributed by atoms with E-state index >= 15 is 0 Å². The van der Waals surface area contributed by atoms with E-state index in [0.717, 1.165) is 12.8 Å². The lowest BCUT2D eigenvalue weighted by Gasteiger charge is -2.38. The fourth-order valence-electron chi connectivity index (χ4n) is 2.67. The maximum atomic E-state index is 12.5. The second-order valence-corrected chi connectivity index (χ2v) is 7.42. The van der Waals surface area contributed by atoms with E-state index in [-0.39, 0.29) is 17.2 Å². The van der Waals surface area contributed by atoms with Crippen molar-refractivity contribution in [3.05, 3.63) is 24.3 Å².